The van der Waals surface area contributed by atoms with Gasteiger partial charge in [-0.2, -0.15) is 13.2 Å². The highest BCUT2D eigenvalue weighted by atomic mass is 35.5. The minimum absolute atomic E-state index is 0.0880. The monoisotopic (exact) mass is 537 g/mol. The molecular formula is C27H27ClF3NO3S. The number of ketones is 2. The number of hydrogen-bond acceptors (Lipinski definition) is 5. The van der Waals surface area contributed by atoms with Gasteiger partial charge in [-0.1, -0.05) is 37.6 Å². The highest BCUT2D eigenvalue weighted by molar-refractivity contribution is 7.15. The summed E-state index contributed by atoms with van der Waals surface area (Å²) in [6, 6.07) is 9.64. The van der Waals surface area contributed by atoms with E-state index in [0.717, 1.165) is 22.7 Å². The number of aryl methyl sites for hydroxylation is 1. The molecule has 0 aliphatic carbocycles. The van der Waals surface area contributed by atoms with Gasteiger partial charge in [0.1, 0.15) is 10.8 Å². The maximum absolute atomic E-state index is 12.9. The summed E-state index contributed by atoms with van der Waals surface area (Å²) < 4.78 is 44.4. The molecule has 2 aromatic carbocycles. The zero-order chi connectivity index (χ0) is 26.8. The summed E-state index contributed by atoms with van der Waals surface area (Å²) in [6.07, 6.45) is -3.74. The SMILES string of the molecule is CC(=O)C(C)(C)Oc1ccc(C(=O)CCc2sc(-c3ccc(C(F)(F)F)cc3)nc2C(C)C)cc1Cl. The number of nitrogens with zero attached hydrogens (tertiary/aromatic N) is 1. The second-order valence-electron chi connectivity index (χ2n) is 9.29. The van der Waals surface area contributed by atoms with Crippen LogP contribution in [-0.4, -0.2) is 22.2 Å². The number of Topliss-reactive ketones (excluding diaryl/α,β-unsaturated/α-hetero) is 2. The first kappa shape index (κ1) is 27.9. The summed E-state index contributed by atoms with van der Waals surface area (Å²) in [7, 11) is 0. The number of alkyl halides is 3. The fourth-order valence-corrected chi connectivity index (χ4v) is 4.83. The number of halogens is 4. The van der Waals surface area contributed by atoms with Gasteiger partial charge in [0.15, 0.2) is 17.2 Å². The zero-order valence-electron chi connectivity index (χ0n) is 20.6. The molecule has 0 radical (unpaired) electrons. The number of aromatic nitrogens is 1. The second-order valence-corrected chi connectivity index (χ2v) is 10.8. The van der Waals surface area contributed by atoms with Gasteiger partial charge >= 0.3 is 6.18 Å². The van der Waals surface area contributed by atoms with Crippen LogP contribution < -0.4 is 4.74 Å². The summed E-state index contributed by atoms with van der Waals surface area (Å²) in [6.45, 7) is 8.69. The van der Waals surface area contributed by atoms with Crippen LogP contribution in [0, 0.1) is 0 Å². The Morgan fingerprint density at radius 2 is 1.72 bits per heavy atom. The fraction of sp³-hybridized carbons (Fsp3) is 0.370. The Hall–Kier alpha value is -2.71. The van der Waals surface area contributed by atoms with Crippen LogP contribution >= 0.6 is 22.9 Å². The predicted molar refractivity (Wildman–Crippen MR) is 136 cm³/mol. The molecule has 0 aliphatic rings. The molecule has 192 valence electrons. The summed E-state index contributed by atoms with van der Waals surface area (Å²) in [5, 5.41) is 0.855. The van der Waals surface area contributed by atoms with E-state index in [-0.39, 0.29) is 28.9 Å². The van der Waals surface area contributed by atoms with E-state index in [1.54, 1.807) is 26.0 Å². The second kappa shape index (κ2) is 10.7. The van der Waals surface area contributed by atoms with Crippen LogP contribution in [0.4, 0.5) is 13.2 Å². The fourth-order valence-electron chi connectivity index (χ4n) is 3.39. The van der Waals surface area contributed by atoms with E-state index in [1.807, 2.05) is 13.8 Å². The first-order valence-corrected chi connectivity index (χ1v) is 12.6. The van der Waals surface area contributed by atoms with Gasteiger partial charge in [0.05, 0.1) is 16.3 Å². The van der Waals surface area contributed by atoms with Crippen molar-refractivity contribution < 1.29 is 27.5 Å². The standard InChI is InChI=1S/C27H27ClF3NO3S/c1-15(2)24-23(36-25(32-24)17-6-9-19(10-7-17)27(29,30)31)13-11-21(34)18-8-12-22(20(28)14-18)35-26(4,5)16(3)33/h6-10,12,14-15H,11,13H2,1-5H3. The molecule has 36 heavy (non-hydrogen) atoms. The number of hydrogen-bond donors (Lipinski definition) is 0. The minimum Gasteiger partial charge on any atom is -0.479 e. The van der Waals surface area contributed by atoms with Crippen molar-refractivity contribution in [3.8, 4) is 16.3 Å². The Labute approximate surface area is 217 Å². The molecule has 1 aromatic heterocycles. The van der Waals surface area contributed by atoms with Gasteiger partial charge in [-0.15, -0.1) is 11.3 Å². The van der Waals surface area contributed by atoms with E-state index in [4.69, 9.17) is 16.3 Å². The molecule has 3 rings (SSSR count). The van der Waals surface area contributed by atoms with Crippen LogP contribution in [-0.2, 0) is 17.4 Å². The molecule has 0 fully saturated rings. The first-order valence-electron chi connectivity index (χ1n) is 11.4. The molecule has 1 heterocycles. The number of ether oxygens (including phenoxy) is 1. The molecule has 3 aromatic rings. The summed E-state index contributed by atoms with van der Waals surface area (Å²) in [5.41, 5.74) is 0.0998. The van der Waals surface area contributed by atoms with Gasteiger partial charge in [-0.3, -0.25) is 9.59 Å². The van der Waals surface area contributed by atoms with Gasteiger partial charge in [0.25, 0.3) is 0 Å². The molecule has 0 atom stereocenters. The lowest BCUT2D eigenvalue weighted by Gasteiger charge is -2.24. The number of rotatable bonds is 9. The van der Waals surface area contributed by atoms with Crippen molar-refractivity contribution in [2.75, 3.05) is 0 Å². The molecule has 0 saturated carbocycles. The Balaban J connectivity index is 1.75. The minimum atomic E-state index is -4.40. The van der Waals surface area contributed by atoms with Crippen LogP contribution in [0.2, 0.25) is 5.02 Å². The van der Waals surface area contributed by atoms with E-state index in [1.165, 1.54) is 36.5 Å². The quantitative estimate of drug-likeness (QED) is 0.258. The molecule has 9 heteroatoms. The highest BCUT2D eigenvalue weighted by Crippen LogP contribution is 2.36. The largest absolute Gasteiger partial charge is 0.479 e. The van der Waals surface area contributed by atoms with E-state index in [2.05, 4.69) is 4.98 Å². The van der Waals surface area contributed by atoms with Crippen LogP contribution in [0.15, 0.2) is 42.5 Å². The molecule has 0 amide bonds. The van der Waals surface area contributed by atoms with Crippen molar-refractivity contribution in [1.29, 1.82) is 0 Å². The Kier molecular flexibility index (Phi) is 8.30. The Morgan fingerprint density at radius 3 is 2.25 bits per heavy atom. The van der Waals surface area contributed by atoms with Crippen LogP contribution in [0.1, 0.15) is 73.4 Å². The van der Waals surface area contributed by atoms with Crippen molar-refractivity contribution in [2.45, 2.75) is 65.2 Å². The predicted octanol–water partition coefficient (Wildman–Crippen LogP) is 8.17. The van der Waals surface area contributed by atoms with Gasteiger partial charge in [0.2, 0.25) is 0 Å². The molecule has 0 N–H and O–H groups in total. The van der Waals surface area contributed by atoms with Gasteiger partial charge in [0, 0.05) is 22.4 Å². The first-order chi connectivity index (χ1) is 16.7. The molecular weight excluding hydrogens is 511 g/mol. The summed E-state index contributed by atoms with van der Waals surface area (Å²) in [4.78, 5) is 30.2. The highest BCUT2D eigenvalue weighted by Gasteiger charge is 2.30. The van der Waals surface area contributed by atoms with Crippen LogP contribution in [0.5, 0.6) is 5.75 Å². The molecule has 0 aliphatic heterocycles. The average molecular weight is 538 g/mol. The normalized spacial score (nSPS) is 12.2. The molecule has 4 nitrogen and oxygen atoms in total. The third-order valence-corrected chi connectivity index (χ3v) is 7.25. The average Bonchev–Trinajstić information content (AvgIpc) is 3.23. The van der Waals surface area contributed by atoms with E-state index >= 15 is 0 Å². The van der Waals surface area contributed by atoms with E-state index < -0.39 is 17.3 Å². The smallest absolute Gasteiger partial charge is 0.416 e. The molecule has 0 saturated heterocycles. The van der Waals surface area contributed by atoms with Crippen LogP contribution in [0.25, 0.3) is 10.6 Å². The molecule has 0 unspecified atom stereocenters. The molecule has 0 spiro atoms. The van der Waals surface area contributed by atoms with Gasteiger partial charge in [-0.25, -0.2) is 4.98 Å². The lowest BCUT2D eigenvalue weighted by atomic mass is 10.0. The van der Waals surface area contributed by atoms with Gasteiger partial charge < -0.3 is 4.74 Å². The van der Waals surface area contributed by atoms with Crippen LogP contribution in [0.3, 0.4) is 0 Å². The summed E-state index contributed by atoms with van der Waals surface area (Å²) in [5.74, 6) is 0.137. The molecule has 0 bridgehead atoms. The third kappa shape index (κ3) is 6.53. The topological polar surface area (TPSA) is 56.3 Å². The van der Waals surface area contributed by atoms with E-state index in [9.17, 15) is 22.8 Å². The number of thiazole rings is 1. The van der Waals surface area contributed by atoms with Crippen molar-refractivity contribution in [3.63, 3.8) is 0 Å². The van der Waals surface area contributed by atoms with Crippen molar-refractivity contribution in [2.24, 2.45) is 0 Å². The van der Waals surface area contributed by atoms with Crippen molar-refractivity contribution >= 4 is 34.5 Å². The van der Waals surface area contributed by atoms with Crippen molar-refractivity contribution in [1.82, 2.24) is 4.98 Å². The van der Waals surface area contributed by atoms with E-state index in [0.29, 0.717) is 28.3 Å². The van der Waals surface area contributed by atoms with Gasteiger partial charge in [-0.05, 0) is 63.4 Å². The third-order valence-electron chi connectivity index (χ3n) is 5.78. The van der Waals surface area contributed by atoms with Crippen molar-refractivity contribution in [3.05, 3.63) is 69.2 Å². The Bertz CT molecular complexity index is 1260. The zero-order valence-corrected chi connectivity index (χ0v) is 22.2. The number of carbonyl (C=O) groups is 2. The maximum Gasteiger partial charge on any atom is 0.416 e. The lowest BCUT2D eigenvalue weighted by molar-refractivity contribution is -0.137. The number of benzene rings is 2. The lowest BCUT2D eigenvalue weighted by Crippen LogP contribution is -2.36. The number of carbonyl (C=O) groups excluding carboxylic acids is 2. The summed E-state index contributed by atoms with van der Waals surface area (Å²) >= 11 is 7.70. The Morgan fingerprint density at radius 1 is 1.08 bits per heavy atom. The maximum atomic E-state index is 12.9.